The summed E-state index contributed by atoms with van der Waals surface area (Å²) in [7, 11) is 0. The number of carbonyl (C=O) groups is 2. The molecule has 0 saturated carbocycles. The Kier molecular flexibility index (Phi) is 4.01. The van der Waals surface area contributed by atoms with E-state index in [1.165, 1.54) is 34.6 Å². The fourth-order valence-electron chi connectivity index (χ4n) is 2.17. The van der Waals surface area contributed by atoms with E-state index in [2.05, 4.69) is 5.32 Å². The van der Waals surface area contributed by atoms with Gasteiger partial charge in [0.1, 0.15) is 6.04 Å². The van der Waals surface area contributed by atoms with Gasteiger partial charge in [0.25, 0.3) is 5.91 Å². The molecular weight excluding hydrogens is 250 g/mol. The summed E-state index contributed by atoms with van der Waals surface area (Å²) in [5.41, 5.74) is 1.26. The van der Waals surface area contributed by atoms with Crippen LogP contribution < -0.4 is 5.32 Å². The van der Waals surface area contributed by atoms with Gasteiger partial charge in [-0.2, -0.15) is 0 Å². The van der Waals surface area contributed by atoms with Gasteiger partial charge in [-0.1, -0.05) is 6.92 Å². The van der Waals surface area contributed by atoms with Gasteiger partial charge in [-0.3, -0.25) is 4.79 Å². The predicted molar refractivity (Wildman–Crippen MR) is 70.1 cm³/mol. The van der Waals surface area contributed by atoms with Gasteiger partial charge in [0.05, 0.1) is 4.88 Å². The third-order valence-electron chi connectivity index (χ3n) is 3.23. The fraction of sp³-hybridized carbons (Fsp3) is 0.538. The van der Waals surface area contributed by atoms with Crippen molar-refractivity contribution < 1.29 is 14.7 Å². The van der Waals surface area contributed by atoms with Crippen LogP contribution in [0.5, 0.6) is 0 Å². The van der Waals surface area contributed by atoms with Gasteiger partial charge in [0.15, 0.2) is 0 Å². The monoisotopic (exact) mass is 267 g/mol. The highest BCUT2D eigenvalue weighted by Gasteiger charge is 2.21. The zero-order chi connectivity index (χ0) is 13.1. The third kappa shape index (κ3) is 2.72. The second-order valence-corrected chi connectivity index (χ2v) is 5.68. The van der Waals surface area contributed by atoms with Gasteiger partial charge >= 0.3 is 5.97 Å². The molecular formula is C13H17NO3S. The first kappa shape index (κ1) is 13.1. The molecule has 5 heteroatoms. The minimum Gasteiger partial charge on any atom is -0.480 e. The molecule has 1 amide bonds. The quantitative estimate of drug-likeness (QED) is 0.879. The highest BCUT2D eigenvalue weighted by molar-refractivity contribution is 7.14. The molecule has 2 N–H and O–H groups in total. The second-order valence-electron chi connectivity index (χ2n) is 4.54. The number of fused-ring (bicyclic) bond motifs is 1. The van der Waals surface area contributed by atoms with Crippen LogP contribution in [-0.4, -0.2) is 23.0 Å². The Labute approximate surface area is 110 Å². The third-order valence-corrected chi connectivity index (χ3v) is 4.47. The van der Waals surface area contributed by atoms with Crippen LogP contribution >= 0.6 is 11.3 Å². The number of amides is 1. The molecule has 2 rings (SSSR count). The molecule has 0 fully saturated rings. The van der Waals surface area contributed by atoms with E-state index in [1.807, 2.05) is 6.07 Å². The average Bonchev–Trinajstić information content (AvgIpc) is 2.79. The first-order chi connectivity index (χ1) is 8.61. The molecule has 0 radical (unpaired) electrons. The van der Waals surface area contributed by atoms with Gasteiger partial charge in [-0.15, -0.1) is 11.3 Å². The summed E-state index contributed by atoms with van der Waals surface area (Å²) in [6, 6.07) is 1.12. The minimum atomic E-state index is -0.979. The van der Waals surface area contributed by atoms with Crippen LogP contribution in [0.1, 0.15) is 46.3 Å². The normalized spacial score (nSPS) is 15.8. The van der Waals surface area contributed by atoms with Gasteiger partial charge in [0.2, 0.25) is 0 Å². The summed E-state index contributed by atoms with van der Waals surface area (Å²) in [4.78, 5) is 24.8. The molecule has 0 aromatic carbocycles. The number of carbonyl (C=O) groups excluding carboxylic acids is 1. The number of hydrogen-bond acceptors (Lipinski definition) is 3. The smallest absolute Gasteiger partial charge is 0.326 e. The molecule has 4 nitrogen and oxygen atoms in total. The molecule has 0 saturated heterocycles. The summed E-state index contributed by atoms with van der Waals surface area (Å²) in [5, 5.41) is 11.5. The van der Waals surface area contributed by atoms with Crippen molar-refractivity contribution in [2.24, 2.45) is 0 Å². The zero-order valence-corrected chi connectivity index (χ0v) is 11.2. The standard InChI is InChI=1S/C13H17NO3S/c1-2-9(13(16)17)14-12(15)11-7-8-5-3-4-6-10(8)18-11/h7,9H,2-6H2,1H3,(H,14,15)(H,16,17)/t9-/m1/s1. The maximum absolute atomic E-state index is 12.0. The van der Waals surface area contributed by atoms with Crippen LogP contribution in [0.4, 0.5) is 0 Å². The van der Waals surface area contributed by atoms with E-state index in [0.717, 1.165) is 12.8 Å². The number of hydrogen-bond donors (Lipinski definition) is 2. The van der Waals surface area contributed by atoms with Crippen molar-refractivity contribution >= 4 is 23.2 Å². The molecule has 1 aromatic heterocycles. The fourth-order valence-corrected chi connectivity index (χ4v) is 3.33. The molecule has 0 spiro atoms. The predicted octanol–water partition coefficient (Wildman–Crippen LogP) is 2.22. The second kappa shape index (κ2) is 5.52. The molecule has 1 heterocycles. The Morgan fingerprint density at radius 2 is 2.17 bits per heavy atom. The molecule has 0 bridgehead atoms. The summed E-state index contributed by atoms with van der Waals surface area (Å²) < 4.78 is 0. The number of aliphatic carboxylic acids is 1. The first-order valence-corrected chi connectivity index (χ1v) is 7.08. The zero-order valence-electron chi connectivity index (χ0n) is 10.4. The number of aryl methyl sites for hydroxylation is 2. The molecule has 18 heavy (non-hydrogen) atoms. The molecule has 1 atom stereocenters. The maximum atomic E-state index is 12.0. The summed E-state index contributed by atoms with van der Waals surface area (Å²) in [6.45, 7) is 1.75. The van der Waals surface area contributed by atoms with E-state index in [0.29, 0.717) is 11.3 Å². The Balaban J connectivity index is 2.09. The molecule has 0 aliphatic heterocycles. The number of thiophene rings is 1. The van der Waals surface area contributed by atoms with E-state index in [-0.39, 0.29) is 5.91 Å². The Bertz CT molecular complexity index is 443. The van der Waals surface area contributed by atoms with Crippen molar-refractivity contribution in [3.63, 3.8) is 0 Å². The van der Waals surface area contributed by atoms with Crippen molar-refractivity contribution in [1.82, 2.24) is 5.32 Å². The average molecular weight is 267 g/mol. The number of carboxylic acid groups (broad SMARTS) is 1. The summed E-state index contributed by atoms with van der Waals surface area (Å²) in [6.07, 6.45) is 4.84. The van der Waals surface area contributed by atoms with Crippen LogP contribution in [0.15, 0.2) is 6.07 Å². The lowest BCUT2D eigenvalue weighted by atomic mass is 9.99. The molecule has 98 valence electrons. The van der Waals surface area contributed by atoms with Crippen LogP contribution in [0.2, 0.25) is 0 Å². The molecule has 0 unspecified atom stereocenters. The lowest BCUT2D eigenvalue weighted by molar-refractivity contribution is -0.139. The highest BCUT2D eigenvalue weighted by atomic mass is 32.1. The highest BCUT2D eigenvalue weighted by Crippen LogP contribution is 2.29. The van der Waals surface area contributed by atoms with E-state index in [4.69, 9.17) is 5.11 Å². The Hall–Kier alpha value is -1.36. The first-order valence-electron chi connectivity index (χ1n) is 6.27. The van der Waals surface area contributed by atoms with Crippen LogP contribution in [0.3, 0.4) is 0 Å². The van der Waals surface area contributed by atoms with E-state index >= 15 is 0 Å². The summed E-state index contributed by atoms with van der Waals surface area (Å²) >= 11 is 1.50. The van der Waals surface area contributed by atoms with Crippen molar-refractivity contribution in [3.05, 3.63) is 21.4 Å². The van der Waals surface area contributed by atoms with Crippen molar-refractivity contribution in [3.8, 4) is 0 Å². The van der Waals surface area contributed by atoms with Gasteiger partial charge in [-0.25, -0.2) is 4.79 Å². The van der Waals surface area contributed by atoms with Crippen molar-refractivity contribution in [2.75, 3.05) is 0 Å². The van der Waals surface area contributed by atoms with Crippen LogP contribution in [-0.2, 0) is 17.6 Å². The molecule has 1 aliphatic rings. The lowest BCUT2D eigenvalue weighted by Gasteiger charge is -2.10. The van der Waals surface area contributed by atoms with Crippen LogP contribution in [0.25, 0.3) is 0 Å². The lowest BCUT2D eigenvalue weighted by Crippen LogP contribution is -2.39. The number of nitrogens with one attached hydrogen (secondary N) is 1. The Morgan fingerprint density at radius 1 is 1.44 bits per heavy atom. The van der Waals surface area contributed by atoms with E-state index in [9.17, 15) is 9.59 Å². The van der Waals surface area contributed by atoms with E-state index in [1.54, 1.807) is 6.92 Å². The Morgan fingerprint density at radius 3 is 2.78 bits per heavy atom. The number of carboxylic acids is 1. The largest absolute Gasteiger partial charge is 0.480 e. The minimum absolute atomic E-state index is 0.261. The SMILES string of the molecule is CC[C@@H](NC(=O)c1cc2c(s1)CCCC2)C(=O)O. The maximum Gasteiger partial charge on any atom is 0.326 e. The summed E-state index contributed by atoms with van der Waals surface area (Å²) in [5.74, 6) is -1.24. The van der Waals surface area contributed by atoms with Gasteiger partial charge in [-0.05, 0) is 43.7 Å². The van der Waals surface area contributed by atoms with Crippen LogP contribution in [0, 0.1) is 0 Å². The van der Waals surface area contributed by atoms with Gasteiger partial charge in [0, 0.05) is 4.88 Å². The van der Waals surface area contributed by atoms with Crippen molar-refractivity contribution in [1.29, 1.82) is 0 Å². The van der Waals surface area contributed by atoms with Gasteiger partial charge < -0.3 is 10.4 Å². The number of rotatable bonds is 4. The molecule has 1 aromatic rings. The topological polar surface area (TPSA) is 66.4 Å². The van der Waals surface area contributed by atoms with E-state index < -0.39 is 12.0 Å². The van der Waals surface area contributed by atoms with Crippen molar-refractivity contribution in [2.45, 2.75) is 45.1 Å². The molecule has 1 aliphatic carbocycles.